The van der Waals surface area contributed by atoms with Crippen LogP contribution in [0.1, 0.15) is 11.5 Å². The van der Waals surface area contributed by atoms with E-state index in [1.165, 1.54) is 0 Å². The Bertz CT molecular complexity index is 429. The summed E-state index contributed by atoms with van der Waals surface area (Å²) in [6.45, 7) is 0. The molecule has 4 nitrogen and oxygen atoms in total. The number of amides is 2. The van der Waals surface area contributed by atoms with Gasteiger partial charge in [-0.1, -0.05) is 28.1 Å². The van der Waals surface area contributed by atoms with Crippen LogP contribution in [0.15, 0.2) is 24.3 Å². The molecule has 0 saturated carbocycles. The molecule has 1 saturated heterocycles. The Morgan fingerprint density at radius 2 is 1.81 bits per heavy atom. The monoisotopic (exact) mass is 283 g/mol. The van der Waals surface area contributed by atoms with Crippen molar-refractivity contribution in [3.05, 3.63) is 29.8 Å². The van der Waals surface area contributed by atoms with Crippen molar-refractivity contribution in [2.24, 2.45) is 0 Å². The molecule has 84 valence electrons. The molecule has 0 radical (unpaired) electrons. The van der Waals surface area contributed by atoms with E-state index in [-0.39, 0.29) is 11.8 Å². The van der Waals surface area contributed by atoms with E-state index in [2.05, 4.69) is 21.2 Å². The van der Waals surface area contributed by atoms with Crippen LogP contribution in [0.4, 0.5) is 0 Å². The Morgan fingerprint density at radius 3 is 2.25 bits per heavy atom. The van der Waals surface area contributed by atoms with Crippen molar-refractivity contribution in [2.45, 2.75) is 10.7 Å². The van der Waals surface area contributed by atoms with E-state index in [1.54, 1.807) is 31.4 Å². The molecule has 5 heteroatoms. The summed E-state index contributed by atoms with van der Waals surface area (Å²) in [6, 6.07) is 7.11. The van der Waals surface area contributed by atoms with E-state index >= 15 is 0 Å². The third-order valence-corrected chi connectivity index (χ3v) is 3.49. The minimum absolute atomic E-state index is 0.267. The number of ether oxygens (including phenoxy) is 1. The lowest BCUT2D eigenvalue weighted by Gasteiger charge is -2.10. The SMILES string of the molecule is COc1ccc(C2C(=O)NC(=O)C2Br)cc1. The van der Waals surface area contributed by atoms with Crippen LogP contribution in [0, 0.1) is 0 Å². The maximum absolute atomic E-state index is 11.6. The molecule has 1 heterocycles. The van der Waals surface area contributed by atoms with Crippen molar-refractivity contribution in [1.29, 1.82) is 0 Å². The fraction of sp³-hybridized carbons (Fsp3) is 0.273. The summed E-state index contributed by atoms with van der Waals surface area (Å²) in [6.07, 6.45) is 0. The number of imide groups is 1. The molecule has 2 rings (SSSR count). The molecule has 0 aromatic heterocycles. The van der Waals surface area contributed by atoms with Gasteiger partial charge in [0.15, 0.2) is 0 Å². The first-order valence-corrected chi connectivity index (χ1v) is 5.68. The summed E-state index contributed by atoms with van der Waals surface area (Å²) in [7, 11) is 1.58. The van der Waals surface area contributed by atoms with Crippen molar-refractivity contribution < 1.29 is 14.3 Å². The van der Waals surface area contributed by atoms with Crippen LogP contribution in [0.2, 0.25) is 0 Å². The zero-order chi connectivity index (χ0) is 11.7. The molecule has 1 fully saturated rings. The lowest BCUT2D eigenvalue weighted by atomic mass is 9.97. The standard InChI is InChI=1S/C11H10BrNO3/c1-16-7-4-2-6(3-5-7)8-9(12)11(15)13-10(8)14/h2-5,8-9H,1H3,(H,13,14,15). The second kappa shape index (κ2) is 4.25. The summed E-state index contributed by atoms with van der Waals surface area (Å²) in [5.74, 6) is -0.291. The average Bonchev–Trinajstić information content (AvgIpc) is 2.54. The number of benzene rings is 1. The van der Waals surface area contributed by atoms with Crippen molar-refractivity contribution in [2.75, 3.05) is 7.11 Å². The second-order valence-electron chi connectivity index (χ2n) is 3.51. The minimum atomic E-state index is -0.492. The predicted octanol–water partition coefficient (Wildman–Crippen LogP) is 1.20. The zero-order valence-electron chi connectivity index (χ0n) is 8.57. The van der Waals surface area contributed by atoms with Gasteiger partial charge in [-0.05, 0) is 17.7 Å². The van der Waals surface area contributed by atoms with Crippen LogP contribution in [0.25, 0.3) is 0 Å². The number of hydrogen-bond donors (Lipinski definition) is 1. The largest absolute Gasteiger partial charge is 0.497 e. The number of rotatable bonds is 2. The summed E-state index contributed by atoms with van der Waals surface area (Å²) in [4.78, 5) is 22.4. The quantitative estimate of drug-likeness (QED) is 0.656. The smallest absolute Gasteiger partial charge is 0.241 e. The van der Waals surface area contributed by atoms with Gasteiger partial charge in [0.1, 0.15) is 10.6 Å². The van der Waals surface area contributed by atoms with E-state index in [9.17, 15) is 9.59 Å². The fourth-order valence-electron chi connectivity index (χ4n) is 1.68. The Balaban J connectivity index is 2.29. The number of hydrogen-bond acceptors (Lipinski definition) is 3. The summed E-state index contributed by atoms with van der Waals surface area (Å²) in [5.41, 5.74) is 0.797. The van der Waals surface area contributed by atoms with E-state index in [0.29, 0.717) is 0 Å². The van der Waals surface area contributed by atoms with E-state index in [4.69, 9.17) is 4.74 Å². The van der Waals surface area contributed by atoms with Crippen LogP contribution >= 0.6 is 15.9 Å². The van der Waals surface area contributed by atoms with Gasteiger partial charge in [0.2, 0.25) is 11.8 Å². The van der Waals surface area contributed by atoms with Gasteiger partial charge in [-0.2, -0.15) is 0 Å². The number of methoxy groups -OCH3 is 1. The molecule has 1 aliphatic heterocycles. The van der Waals surface area contributed by atoms with Crippen molar-refractivity contribution in [1.82, 2.24) is 5.32 Å². The van der Waals surface area contributed by atoms with Gasteiger partial charge in [0.25, 0.3) is 0 Å². The number of carbonyl (C=O) groups is 2. The molecule has 0 aliphatic carbocycles. The molecule has 1 aliphatic rings. The van der Waals surface area contributed by atoms with Crippen LogP contribution in [0.5, 0.6) is 5.75 Å². The summed E-state index contributed by atoms with van der Waals surface area (Å²) >= 11 is 3.22. The molecule has 2 atom stereocenters. The van der Waals surface area contributed by atoms with Gasteiger partial charge < -0.3 is 4.74 Å². The molecule has 2 unspecified atom stereocenters. The van der Waals surface area contributed by atoms with Crippen LogP contribution in [-0.2, 0) is 9.59 Å². The minimum Gasteiger partial charge on any atom is -0.497 e. The van der Waals surface area contributed by atoms with E-state index in [1.807, 2.05) is 0 Å². The number of carbonyl (C=O) groups excluding carboxylic acids is 2. The second-order valence-corrected chi connectivity index (χ2v) is 4.49. The summed E-state index contributed by atoms with van der Waals surface area (Å²) < 4.78 is 5.03. The Morgan fingerprint density at radius 1 is 1.19 bits per heavy atom. The highest BCUT2D eigenvalue weighted by Crippen LogP contribution is 2.30. The average molecular weight is 284 g/mol. The molecule has 1 aromatic carbocycles. The predicted molar refractivity (Wildman–Crippen MR) is 61.6 cm³/mol. The van der Waals surface area contributed by atoms with Crippen molar-refractivity contribution >= 4 is 27.7 Å². The molecule has 1 N–H and O–H groups in total. The van der Waals surface area contributed by atoms with Crippen LogP contribution < -0.4 is 10.1 Å². The van der Waals surface area contributed by atoms with Gasteiger partial charge >= 0.3 is 0 Å². The Kier molecular flexibility index (Phi) is 2.96. The summed E-state index contributed by atoms with van der Waals surface area (Å²) in [5, 5.41) is 2.29. The maximum Gasteiger partial charge on any atom is 0.241 e. The first-order chi connectivity index (χ1) is 7.63. The number of nitrogens with one attached hydrogen (secondary N) is 1. The highest BCUT2D eigenvalue weighted by molar-refractivity contribution is 9.10. The normalized spacial score (nSPS) is 24.4. The van der Waals surface area contributed by atoms with Crippen molar-refractivity contribution in [3.8, 4) is 5.75 Å². The highest BCUT2D eigenvalue weighted by Gasteiger charge is 2.40. The number of alkyl halides is 1. The molecule has 0 bridgehead atoms. The first kappa shape index (κ1) is 11.1. The number of halogens is 1. The molecule has 0 spiro atoms. The Hall–Kier alpha value is -1.36. The van der Waals surface area contributed by atoms with Crippen molar-refractivity contribution in [3.63, 3.8) is 0 Å². The molecule has 2 amide bonds. The molecule has 16 heavy (non-hydrogen) atoms. The lowest BCUT2D eigenvalue weighted by molar-refractivity contribution is -0.125. The van der Waals surface area contributed by atoms with E-state index < -0.39 is 10.7 Å². The maximum atomic E-state index is 11.6. The molecular formula is C11H10BrNO3. The van der Waals surface area contributed by atoms with Gasteiger partial charge in [-0.3, -0.25) is 14.9 Å². The fourth-order valence-corrected chi connectivity index (χ4v) is 2.34. The first-order valence-electron chi connectivity index (χ1n) is 4.76. The van der Waals surface area contributed by atoms with Gasteiger partial charge in [-0.15, -0.1) is 0 Å². The highest BCUT2D eigenvalue weighted by atomic mass is 79.9. The zero-order valence-corrected chi connectivity index (χ0v) is 10.2. The lowest BCUT2D eigenvalue weighted by Crippen LogP contribution is -2.22. The Labute approximate surface area is 101 Å². The third kappa shape index (κ3) is 1.82. The van der Waals surface area contributed by atoms with Gasteiger partial charge in [-0.25, -0.2) is 0 Å². The molecular weight excluding hydrogens is 274 g/mol. The van der Waals surface area contributed by atoms with Gasteiger partial charge in [0.05, 0.1) is 13.0 Å². The van der Waals surface area contributed by atoms with E-state index in [0.717, 1.165) is 11.3 Å². The van der Waals surface area contributed by atoms with Crippen LogP contribution in [-0.4, -0.2) is 23.8 Å². The van der Waals surface area contributed by atoms with Crippen LogP contribution in [0.3, 0.4) is 0 Å². The third-order valence-electron chi connectivity index (χ3n) is 2.55. The van der Waals surface area contributed by atoms with Gasteiger partial charge in [0, 0.05) is 0 Å². The topological polar surface area (TPSA) is 55.4 Å². The molecule has 1 aromatic rings.